The Bertz CT molecular complexity index is 842. The molecule has 0 aromatic heterocycles. The Labute approximate surface area is 131 Å². The van der Waals surface area contributed by atoms with Gasteiger partial charge in [-0.25, -0.2) is 4.39 Å². The molecular formula is C17H12FN3O2. The number of benzene rings is 2. The second kappa shape index (κ2) is 5.89. The van der Waals surface area contributed by atoms with Crippen LogP contribution in [0.15, 0.2) is 42.5 Å². The number of fused-ring (bicyclic) bond motifs is 1. The van der Waals surface area contributed by atoms with E-state index in [1.54, 1.807) is 24.3 Å². The maximum atomic E-state index is 13.3. The van der Waals surface area contributed by atoms with Crippen molar-refractivity contribution in [2.45, 2.75) is 12.3 Å². The van der Waals surface area contributed by atoms with Crippen LogP contribution in [0.5, 0.6) is 0 Å². The lowest BCUT2D eigenvalue weighted by Crippen LogP contribution is -2.30. The lowest BCUT2D eigenvalue weighted by Gasteiger charge is -2.24. The van der Waals surface area contributed by atoms with Crippen LogP contribution in [0.2, 0.25) is 0 Å². The smallest absolute Gasteiger partial charge is 0.232 e. The first-order valence-corrected chi connectivity index (χ1v) is 6.97. The van der Waals surface area contributed by atoms with Gasteiger partial charge in [-0.3, -0.25) is 9.59 Å². The third-order valence-electron chi connectivity index (χ3n) is 3.63. The molecule has 1 atom stereocenters. The third-order valence-corrected chi connectivity index (χ3v) is 3.63. The molecule has 0 aliphatic carbocycles. The first-order valence-electron chi connectivity index (χ1n) is 6.97. The molecule has 114 valence electrons. The molecule has 1 unspecified atom stereocenters. The van der Waals surface area contributed by atoms with Crippen LogP contribution >= 0.6 is 0 Å². The highest BCUT2D eigenvalue weighted by Crippen LogP contribution is 2.33. The number of nitrogens with zero attached hydrogens (tertiary/aromatic N) is 1. The first-order chi connectivity index (χ1) is 11.1. The predicted octanol–water partition coefficient (Wildman–Crippen LogP) is 2.76. The second-order valence-corrected chi connectivity index (χ2v) is 5.22. The maximum Gasteiger partial charge on any atom is 0.232 e. The van der Waals surface area contributed by atoms with Gasteiger partial charge in [0.15, 0.2) is 0 Å². The zero-order chi connectivity index (χ0) is 16.4. The molecule has 5 nitrogen and oxygen atoms in total. The van der Waals surface area contributed by atoms with Gasteiger partial charge in [-0.15, -0.1) is 0 Å². The Hall–Kier alpha value is -3.20. The fraction of sp³-hybridized carbons (Fsp3) is 0.118. The Morgan fingerprint density at radius 3 is 2.91 bits per heavy atom. The monoisotopic (exact) mass is 309 g/mol. The largest absolute Gasteiger partial charge is 0.326 e. The highest BCUT2D eigenvalue weighted by molar-refractivity contribution is 6.05. The quantitative estimate of drug-likeness (QED) is 0.895. The molecule has 1 heterocycles. The van der Waals surface area contributed by atoms with Gasteiger partial charge in [-0.1, -0.05) is 12.1 Å². The molecule has 2 aromatic carbocycles. The summed E-state index contributed by atoms with van der Waals surface area (Å²) < 4.78 is 13.3. The van der Waals surface area contributed by atoms with Gasteiger partial charge >= 0.3 is 0 Å². The normalized spacial score (nSPS) is 16.0. The molecule has 3 rings (SSSR count). The fourth-order valence-electron chi connectivity index (χ4n) is 2.57. The lowest BCUT2D eigenvalue weighted by molar-refractivity contribution is -0.123. The zero-order valence-corrected chi connectivity index (χ0v) is 12.0. The first kappa shape index (κ1) is 14.7. The van der Waals surface area contributed by atoms with Crippen molar-refractivity contribution in [2.75, 3.05) is 10.6 Å². The number of carbonyl (C=O) groups excluding carboxylic acids is 2. The SMILES string of the molecule is N#Cc1cccc(NC(=O)C2CC(=O)Nc3cc(F)ccc32)c1. The van der Waals surface area contributed by atoms with E-state index in [0.717, 1.165) is 0 Å². The summed E-state index contributed by atoms with van der Waals surface area (Å²) in [4.78, 5) is 24.2. The van der Waals surface area contributed by atoms with Crippen LogP contribution in [0.25, 0.3) is 0 Å². The Kier molecular flexibility index (Phi) is 3.77. The van der Waals surface area contributed by atoms with Gasteiger partial charge in [0.2, 0.25) is 11.8 Å². The molecule has 2 amide bonds. The molecule has 6 heteroatoms. The maximum absolute atomic E-state index is 13.3. The van der Waals surface area contributed by atoms with Crippen molar-refractivity contribution in [3.05, 3.63) is 59.4 Å². The summed E-state index contributed by atoms with van der Waals surface area (Å²) in [6.45, 7) is 0. The number of hydrogen-bond donors (Lipinski definition) is 2. The molecule has 0 saturated carbocycles. The van der Waals surface area contributed by atoms with Crippen LogP contribution in [0, 0.1) is 17.1 Å². The molecule has 1 aliphatic rings. The van der Waals surface area contributed by atoms with E-state index < -0.39 is 11.7 Å². The highest BCUT2D eigenvalue weighted by atomic mass is 19.1. The van der Waals surface area contributed by atoms with Crippen LogP contribution in [-0.2, 0) is 9.59 Å². The van der Waals surface area contributed by atoms with Crippen molar-refractivity contribution in [3.8, 4) is 6.07 Å². The average Bonchev–Trinajstić information content (AvgIpc) is 2.53. The average molecular weight is 309 g/mol. The van der Waals surface area contributed by atoms with Crippen molar-refractivity contribution in [1.29, 1.82) is 5.26 Å². The Balaban J connectivity index is 1.88. The summed E-state index contributed by atoms with van der Waals surface area (Å²) >= 11 is 0. The molecule has 0 saturated heterocycles. The number of nitriles is 1. The molecule has 0 fully saturated rings. The fourth-order valence-corrected chi connectivity index (χ4v) is 2.57. The summed E-state index contributed by atoms with van der Waals surface area (Å²) in [5.74, 6) is -1.89. The van der Waals surface area contributed by atoms with Gasteiger partial charge in [-0.2, -0.15) is 5.26 Å². The number of rotatable bonds is 2. The molecule has 2 aromatic rings. The summed E-state index contributed by atoms with van der Waals surface area (Å²) in [6.07, 6.45) is -0.0115. The lowest BCUT2D eigenvalue weighted by atomic mass is 9.89. The zero-order valence-electron chi connectivity index (χ0n) is 12.0. The number of nitrogens with one attached hydrogen (secondary N) is 2. The summed E-state index contributed by atoms with van der Waals surface area (Å²) in [7, 11) is 0. The van der Waals surface area contributed by atoms with E-state index >= 15 is 0 Å². The third kappa shape index (κ3) is 3.04. The van der Waals surface area contributed by atoms with Crippen LogP contribution in [0.1, 0.15) is 23.5 Å². The molecule has 23 heavy (non-hydrogen) atoms. The van der Waals surface area contributed by atoms with E-state index in [0.29, 0.717) is 22.5 Å². The predicted molar refractivity (Wildman–Crippen MR) is 82.2 cm³/mol. The van der Waals surface area contributed by atoms with E-state index in [1.165, 1.54) is 18.2 Å². The van der Waals surface area contributed by atoms with Crippen molar-refractivity contribution in [3.63, 3.8) is 0 Å². The van der Waals surface area contributed by atoms with Crippen molar-refractivity contribution < 1.29 is 14.0 Å². The van der Waals surface area contributed by atoms with Crippen molar-refractivity contribution >= 4 is 23.2 Å². The second-order valence-electron chi connectivity index (χ2n) is 5.22. The minimum Gasteiger partial charge on any atom is -0.326 e. The summed E-state index contributed by atoms with van der Waals surface area (Å²) in [5, 5.41) is 14.1. The minimum absolute atomic E-state index is 0.0115. The molecular weight excluding hydrogens is 297 g/mol. The van der Waals surface area contributed by atoms with Crippen molar-refractivity contribution in [2.24, 2.45) is 0 Å². The van der Waals surface area contributed by atoms with E-state index in [2.05, 4.69) is 10.6 Å². The Morgan fingerprint density at radius 2 is 2.13 bits per heavy atom. The van der Waals surface area contributed by atoms with Crippen LogP contribution in [-0.4, -0.2) is 11.8 Å². The van der Waals surface area contributed by atoms with E-state index in [4.69, 9.17) is 5.26 Å². The number of carbonyl (C=O) groups is 2. The van der Waals surface area contributed by atoms with E-state index in [1.807, 2.05) is 6.07 Å². The van der Waals surface area contributed by atoms with Crippen LogP contribution < -0.4 is 10.6 Å². The van der Waals surface area contributed by atoms with Gasteiger partial charge in [0.1, 0.15) is 5.82 Å². The minimum atomic E-state index is -0.704. The number of hydrogen-bond acceptors (Lipinski definition) is 3. The van der Waals surface area contributed by atoms with Gasteiger partial charge in [0, 0.05) is 17.8 Å². The summed E-state index contributed by atoms with van der Waals surface area (Å²) in [6, 6.07) is 12.4. The van der Waals surface area contributed by atoms with Crippen LogP contribution in [0.4, 0.5) is 15.8 Å². The standard InChI is InChI=1S/C17H12FN3O2/c18-11-4-5-13-14(8-16(22)21-15(13)7-11)17(23)20-12-3-1-2-10(6-12)9-19/h1-7,14H,8H2,(H,20,23)(H,21,22). The Morgan fingerprint density at radius 1 is 1.30 bits per heavy atom. The van der Waals surface area contributed by atoms with Gasteiger partial charge < -0.3 is 10.6 Å². The van der Waals surface area contributed by atoms with E-state index in [-0.39, 0.29) is 18.2 Å². The van der Waals surface area contributed by atoms with Gasteiger partial charge in [0.05, 0.1) is 17.6 Å². The van der Waals surface area contributed by atoms with Gasteiger partial charge in [0.25, 0.3) is 0 Å². The highest BCUT2D eigenvalue weighted by Gasteiger charge is 2.31. The molecule has 0 radical (unpaired) electrons. The van der Waals surface area contributed by atoms with Crippen molar-refractivity contribution in [1.82, 2.24) is 0 Å². The summed E-state index contributed by atoms with van der Waals surface area (Å²) in [5.41, 5.74) is 1.78. The number of anilines is 2. The number of amides is 2. The molecule has 2 N–H and O–H groups in total. The van der Waals surface area contributed by atoms with Crippen LogP contribution in [0.3, 0.4) is 0 Å². The molecule has 0 spiro atoms. The number of halogens is 1. The molecule has 1 aliphatic heterocycles. The molecule has 0 bridgehead atoms. The van der Waals surface area contributed by atoms with Gasteiger partial charge in [-0.05, 0) is 35.9 Å². The van der Waals surface area contributed by atoms with E-state index in [9.17, 15) is 14.0 Å². The topological polar surface area (TPSA) is 82.0 Å².